The Morgan fingerprint density at radius 3 is 2.94 bits per heavy atom. The molecule has 0 aromatic carbocycles. The monoisotopic (exact) mass is 246 g/mol. The molecule has 1 aliphatic carbocycles. The summed E-state index contributed by atoms with van der Waals surface area (Å²) >= 11 is 1.67. The maximum absolute atomic E-state index is 11.9. The van der Waals surface area contributed by atoms with E-state index in [0.717, 1.165) is 18.0 Å². The number of aromatic nitrogens is 1. The smallest absolute Gasteiger partial charge is 0.230 e. The molecule has 4 heteroatoms. The lowest BCUT2D eigenvalue weighted by atomic mass is 10.0. The fraction of sp³-hybridized carbons (Fsp3) is 0.538. The minimum absolute atomic E-state index is 0.0587. The highest BCUT2D eigenvalue weighted by Crippen LogP contribution is 2.34. The maximum Gasteiger partial charge on any atom is 0.230 e. The van der Waals surface area contributed by atoms with Gasteiger partial charge in [-0.05, 0) is 25.7 Å². The summed E-state index contributed by atoms with van der Waals surface area (Å²) in [6.45, 7) is 0.641. The number of hydrogen-bond donors (Lipinski definition) is 0. The van der Waals surface area contributed by atoms with Crippen LogP contribution in [0.3, 0.4) is 0 Å². The van der Waals surface area contributed by atoms with E-state index >= 15 is 0 Å². The standard InChI is InChI=1S/C13H14N2OS/c1-2-9-7-12(16)15(8-9)13-14-10-5-3-4-6-11(10)17-13/h1,9H,3-8H2. The number of terminal acetylenes is 1. The topological polar surface area (TPSA) is 33.2 Å². The van der Waals surface area contributed by atoms with Gasteiger partial charge < -0.3 is 0 Å². The molecule has 1 aromatic rings. The molecule has 3 rings (SSSR count). The Morgan fingerprint density at radius 1 is 1.41 bits per heavy atom. The van der Waals surface area contributed by atoms with Gasteiger partial charge in [0.15, 0.2) is 5.13 Å². The van der Waals surface area contributed by atoms with Gasteiger partial charge in [-0.2, -0.15) is 0 Å². The molecule has 1 saturated heterocycles. The summed E-state index contributed by atoms with van der Waals surface area (Å²) in [6.07, 6.45) is 10.5. The van der Waals surface area contributed by atoms with Gasteiger partial charge in [0.25, 0.3) is 0 Å². The van der Waals surface area contributed by atoms with Gasteiger partial charge in [-0.1, -0.05) is 0 Å². The van der Waals surface area contributed by atoms with Crippen LogP contribution >= 0.6 is 11.3 Å². The minimum Gasteiger partial charge on any atom is -0.287 e. The third-order valence-corrected chi connectivity index (χ3v) is 4.61. The predicted molar refractivity (Wildman–Crippen MR) is 68.0 cm³/mol. The van der Waals surface area contributed by atoms with Crippen LogP contribution in [0.4, 0.5) is 5.13 Å². The number of fused-ring (bicyclic) bond motifs is 1. The van der Waals surface area contributed by atoms with Crippen LogP contribution in [0.15, 0.2) is 0 Å². The Bertz CT molecular complexity index is 477. The molecule has 0 bridgehead atoms. The number of amides is 1. The second-order valence-corrected chi connectivity index (χ2v) is 5.71. The molecule has 1 amide bonds. The Morgan fingerprint density at radius 2 is 2.24 bits per heavy atom. The Hall–Kier alpha value is -1.34. The van der Waals surface area contributed by atoms with Crippen molar-refractivity contribution in [2.75, 3.05) is 11.4 Å². The Labute approximate surface area is 105 Å². The van der Waals surface area contributed by atoms with Crippen molar-refractivity contribution in [3.05, 3.63) is 10.6 Å². The van der Waals surface area contributed by atoms with Crippen LogP contribution < -0.4 is 4.90 Å². The summed E-state index contributed by atoms with van der Waals surface area (Å²) in [4.78, 5) is 19.6. The van der Waals surface area contributed by atoms with E-state index in [4.69, 9.17) is 6.42 Å². The highest BCUT2D eigenvalue weighted by Gasteiger charge is 2.32. The van der Waals surface area contributed by atoms with Gasteiger partial charge in [-0.15, -0.1) is 23.7 Å². The average Bonchev–Trinajstić information content (AvgIpc) is 2.91. The average molecular weight is 246 g/mol. The summed E-state index contributed by atoms with van der Waals surface area (Å²) in [6, 6.07) is 0. The van der Waals surface area contributed by atoms with E-state index in [9.17, 15) is 4.79 Å². The van der Waals surface area contributed by atoms with Crippen molar-refractivity contribution >= 4 is 22.4 Å². The first kappa shape index (κ1) is 10.8. The van der Waals surface area contributed by atoms with Gasteiger partial charge >= 0.3 is 0 Å². The fourth-order valence-electron chi connectivity index (χ4n) is 2.46. The molecule has 17 heavy (non-hydrogen) atoms. The molecule has 1 aliphatic heterocycles. The van der Waals surface area contributed by atoms with E-state index in [2.05, 4.69) is 10.9 Å². The number of carbonyl (C=O) groups excluding carboxylic acids is 1. The lowest BCUT2D eigenvalue weighted by molar-refractivity contribution is -0.117. The van der Waals surface area contributed by atoms with E-state index < -0.39 is 0 Å². The molecule has 2 heterocycles. The number of nitrogens with zero attached hydrogens (tertiary/aromatic N) is 2. The molecule has 0 saturated carbocycles. The zero-order valence-electron chi connectivity index (χ0n) is 9.61. The molecule has 1 fully saturated rings. The predicted octanol–water partition coefficient (Wildman–Crippen LogP) is 2.01. The van der Waals surface area contributed by atoms with E-state index in [0.29, 0.717) is 13.0 Å². The number of aryl methyl sites for hydroxylation is 2. The molecule has 0 spiro atoms. The molecular weight excluding hydrogens is 232 g/mol. The largest absolute Gasteiger partial charge is 0.287 e. The van der Waals surface area contributed by atoms with Crippen molar-refractivity contribution in [3.8, 4) is 12.3 Å². The summed E-state index contributed by atoms with van der Waals surface area (Å²) in [5, 5.41) is 0.861. The highest BCUT2D eigenvalue weighted by atomic mass is 32.1. The van der Waals surface area contributed by atoms with Crippen LogP contribution in [-0.2, 0) is 17.6 Å². The van der Waals surface area contributed by atoms with Gasteiger partial charge in [-0.3, -0.25) is 9.69 Å². The van der Waals surface area contributed by atoms with Crippen LogP contribution in [0.1, 0.15) is 29.8 Å². The SMILES string of the molecule is C#CC1CC(=O)N(c2nc3c(s2)CCCC3)C1. The van der Waals surface area contributed by atoms with Crippen molar-refractivity contribution in [1.29, 1.82) is 0 Å². The van der Waals surface area contributed by atoms with Crippen molar-refractivity contribution in [2.45, 2.75) is 32.1 Å². The number of carbonyl (C=O) groups is 1. The van der Waals surface area contributed by atoms with Crippen LogP contribution in [-0.4, -0.2) is 17.4 Å². The van der Waals surface area contributed by atoms with E-state index in [1.165, 1.54) is 23.4 Å². The van der Waals surface area contributed by atoms with Gasteiger partial charge in [0.05, 0.1) is 5.69 Å². The molecule has 0 radical (unpaired) electrons. The lowest BCUT2D eigenvalue weighted by Gasteiger charge is -2.10. The molecule has 1 aromatic heterocycles. The first-order chi connectivity index (χ1) is 8.28. The summed E-state index contributed by atoms with van der Waals surface area (Å²) in [5.41, 5.74) is 1.20. The second-order valence-electron chi connectivity index (χ2n) is 4.65. The van der Waals surface area contributed by atoms with Gasteiger partial charge in [0, 0.05) is 23.8 Å². The number of anilines is 1. The van der Waals surface area contributed by atoms with E-state index in [1.54, 1.807) is 16.2 Å². The first-order valence-corrected chi connectivity index (χ1v) is 6.84. The Kier molecular flexibility index (Phi) is 2.64. The van der Waals surface area contributed by atoms with Crippen LogP contribution in [0.2, 0.25) is 0 Å². The third-order valence-electron chi connectivity index (χ3n) is 3.43. The number of hydrogen-bond acceptors (Lipinski definition) is 3. The molecule has 0 N–H and O–H groups in total. The number of thiazole rings is 1. The van der Waals surface area contributed by atoms with E-state index in [1.807, 2.05) is 0 Å². The quantitative estimate of drug-likeness (QED) is 0.710. The minimum atomic E-state index is 0.0587. The highest BCUT2D eigenvalue weighted by molar-refractivity contribution is 7.16. The molecule has 1 atom stereocenters. The molecular formula is C13H14N2OS. The third kappa shape index (κ3) is 1.85. The fourth-order valence-corrected chi connectivity index (χ4v) is 3.63. The van der Waals surface area contributed by atoms with Crippen molar-refractivity contribution in [1.82, 2.24) is 4.98 Å². The lowest BCUT2D eigenvalue weighted by Crippen LogP contribution is -2.24. The van der Waals surface area contributed by atoms with Crippen LogP contribution in [0, 0.1) is 18.3 Å². The molecule has 2 aliphatic rings. The van der Waals surface area contributed by atoms with Crippen molar-refractivity contribution < 1.29 is 4.79 Å². The molecule has 1 unspecified atom stereocenters. The van der Waals surface area contributed by atoms with Gasteiger partial charge in [0.2, 0.25) is 5.91 Å². The maximum atomic E-state index is 11.9. The van der Waals surface area contributed by atoms with Crippen molar-refractivity contribution in [3.63, 3.8) is 0 Å². The number of rotatable bonds is 1. The van der Waals surface area contributed by atoms with Crippen LogP contribution in [0.5, 0.6) is 0 Å². The first-order valence-electron chi connectivity index (χ1n) is 6.03. The molecule has 3 nitrogen and oxygen atoms in total. The second kappa shape index (κ2) is 4.15. The van der Waals surface area contributed by atoms with Gasteiger partial charge in [-0.25, -0.2) is 4.98 Å². The van der Waals surface area contributed by atoms with E-state index in [-0.39, 0.29) is 11.8 Å². The zero-order valence-corrected chi connectivity index (χ0v) is 10.4. The summed E-state index contributed by atoms with van der Waals surface area (Å²) in [7, 11) is 0. The normalized spacial score (nSPS) is 23.6. The summed E-state index contributed by atoms with van der Waals surface area (Å²) < 4.78 is 0. The van der Waals surface area contributed by atoms with Crippen LogP contribution in [0.25, 0.3) is 0 Å². The van der Waals surface area contributed by atoms with Gasteiger partial charge in [0.1, 0.15) is 0 Å². The van der Waals surface area contributed by atoms with Crippen molar-refractivity contribution in [2.24, 2.45) is 5.92 Å². The summed E-state index contributed by atoms with van der Waals surface area (Å²) in [5.74, 6) is 2.85. The Balaban J connectivity index is 1.87. The zero-order chi connectivity index (χ0) is 11.8. The molecule has 88 valence electrons.